The molecule has 3 aromatic carbocycles. The lowest BCUT2D eigenvalue weighted by Gasteiger charge is -2.25. The molecule has 3 rings (SSSR count). The molecule has 0 radical (unpaired) electrons. The number of rotatable bonds is 9. The van der Waals surface area contributed by atoms with Gasteiger partial charge < -0.3 is 19.5 Å². The van der Waals surface area contributed by atoms with E-state index in [1.165, 1.54) is 63.8 Å². The normalized spacial score (nSPS) is 10.9. The number of aryl methyl sites for hydroxylation is 1. The molecule has 0 saturated heterocycles. The number of nitrogens with zero attached hydrogens (tertiary/aromatic N) is 1. The average molecular weight is 533 g/mol. The first-order valence-electron chi connectivity index (χ1n) is 10.6. The Labute approximate surface area is 214 Å². The molecule has 3 aromatic rings. The number of ether oxygens (including phenoxy) is 3. The maximum Gasteiger partial charge on any atom is 0.337 e. The minimum absolute atomic E-state index is 0.00130. The number of halogens is 1. The third-order valence-corrected chi connectivity index (χ3v) is 7.33. The predicted octanol–water partition coefficient (Wildman–Crippen LogP) is 4.29. The van der Waals surface area contributed by atoms with E-state index >= 15 is 0 Å². The minimum Gasteiger partial charge on any atom is -0.493 e. The Hall–Kier alpha value is -3.76. The third kappa shape index (κ3) is 5.89. The maximum absolute atomic E-state index is 13.6. The molecule has 0 aliphatic carbocycles. The molecule has 0 saturated carbocycles. The lowest BCUT2D eigenvalue weighted by Crippen LogP contribution is -2.38. The van der Waals surface area contributed by atoms with Crippen LogP contribution in [0.5, 0.6) is 11.5 Å². The topological polar surface area (TPSA) is 111 Å². The summed E-state index contributed by atoms with van der Waals surface area (Å²) < 4.78 is 43.5. The van der Waals surface area contributed by atoms with E-state index in [0.717, 1.165) is 9.87 Å². The Morgan fingerprint density at radius 3 is 2.19 bits per heavy atom. The van der Waals surface area contributed by atoms with Gasteiger partial charge in [0, 0.05) is 6.07 Å². The maximum atomic E-state index is 13.6. The van der Waals surface area contributed by atoms with Gasteiger partial charge in [0.2, 0.25) is 5.91 Å². The first-order chi connectivity index (χ1) is 17.1. The summed E-state index contributed by atoms with van der Waals surface area (Å²) in [5.41, 5.74) is 1.35. The summed E-state index contributed by atoms with van der Waals surface area (Å²) in [6.45, 7) is 1.24. The van der Waals surface area contributed by atoms with E-state index in [2.05, 4.69) is 5.32 Å². The molecule has 0 aliphatic rings. The van der Waals surface area contributed by atoms with Crippen molar-refractivity contribution >= 4 is 44.9 Å². The van der Waals surface area contributed by atoms with E-state index in [1.807, 2.05) is 6.92 Å². The largest absolute Gasteiger partial charge is 0.493 e. The van der Waals surface area contributed by atoms with Crippen molar-refractivity contribution in [2.75, 3.05) is 37.5 Å². The zero-order valence-electron chi connectivity index (χ0n) is 20.1. The van der Waals surface area contributed by atoms with Gasteiger partial charge in [-0.1, -0.05) is 29.3 Å². The number of hydrogen-bond donors (Lipinski definition) is 1. The van der Waals surface area contributed by atoms with Crippen molar-refractivity contribution in [2.24, 2.45) is 0 Å². The van der Waals surface area contributed by atoms with Gasteiger partial charge in [-0.3, -0.25) is 9.10 Å². The molecule has 1 N–H and O–H groups in total. The van der Waals surface area contributed by atoms with Crippen molar-refractivity contribution in [1.29, 1.82) is 0 Å². The summed E-state index contributed by atoms with van der Waals surface area (Å²) in [6.07, 6.45) is 0. The predicted molar refractivity (Wildman–Crippen MR) is 137 cm³/mol. The molecule has 9 nitrogen and oxygen atoms in total. The van der Waals surface area contributed by atoms with Gasteiger partial charge in [0.25, 0.3) is 10.0 Å². The fraction of sp³-hybridized carbons (Fsp3) is 0.200. The molecule has 190 valence electrons. The van der Waals surface area contributed by atoms with Crippen LogP contribution >= 0.6 is 11.6 Å². The highest BCUT2D eigenvalue weighted by molar-refractivity contribution is 7.92. The summed E-state index contributed by atoms with van der Waals surface area (Å²) in [6, 6.07) is 15.0. The van der Waals surface area contributed by atoms with E-state index in [1.54, 1.807) is 18.2 Å². The van der Waals surface area contributed by atoms with Crippen molar-refractivity contribution in [2.45, 2.75) is 11.8 Å². The Balaban J connectivity index is 2.01. The molecule has 11 heteroatoms. The average Bonchev–Trinajstić information content (AvgIpc) is 2.87. The number of benzene rings is 3. The summed E-state index contributed by atoms with van der Waals surface area (Å²) in [7, 11) is -0.0647. The van der Waals surface area contributed by atoms with Crippen molar-refractivity contribution in [3.8, 4) is 11.5 Å². The lowest BCUT2D eigenvalue weighted by molar-refractivity contribution is -0.114. The fourth-order valence-electron chi connectivity index (χ4n) is 3.32. The molecule has 0 fully saturated rings. The highest BCUT2D eigenvalue weighted by Gasteiger charge is 2.28. The van der Waals surface area contributed by atoms with Crippen LogP contribution in [0.25, 0.3) is 0 Å². The number of hydrogen-bond acceptors (Lipinski definition) is 7. The monoisotopic (exact) mass is 532 g/mol. The Morgan fingerprint density at radius 1 is 0.917 bits per heavy atom. The SMILES string of the molecule is COC(=O)c1ccc(Cl)c(NC(=O)CN(c2ccc(OC)c(OC)c2)S(=O)(=O)c2ccc(C)cc2)c1. The molecule has 0 aliphatic heterocycles. The number of nitrogens with one attached hydrogen (secondary N) is 1. The minimum atomic E-state index is -4.17. The zero-order chi connectivity index (χ0) is 26.5. The number of sulfonamides is 1. The smallest absolute Gasteiger partial charge is 0.337 e. The van der Waals surface area contributed by atoms with E-state index in [9.17, 15) is 18.0 Å². The number of anilines is 2. The Bertz CT molecular complexity index is 1380. The van der Waals surface area contributed by atoms with Crippen LogP contribution in [0.3, 0.4) is 0 Å². The van der Waals surface area contributed by atoms with Gasteiger partial charge in [0.15, 0.2) is 11.5 Å². The van der Waals surface area contributed by atoms with E-state index < -0.39 is 28.4 Å². The number of carbonyl (C=O) groups is 2. The number of carbonyl (C=O) groups excluding carboxylic acids is 2. The van der Waals surface area contributed by atoms with Gasteiger partial charge in [-0.05, 0) is 49.4 Å². The zero-order valence-corrected chi connectivity index (χ0v) is 21.6. The molecule has 0 spiro atoms. The third-order valence-electron chi connectivity index (χ3n) is 5.21. The van der Waals surface area contributed by atoms with Crippen LogP contribution in [-0.4, -0.2) is 48.2 Å². The van der Waals surface area contributed by atoms with E-state index in [-0.39, 0.29) is 32.6 Å². The quantitative estimate of drug-likeness (QED) is 0.409. The molecule has 0 unspecified atom stereocenters. The molecule has 0 aromatic heterocycles. The van der Waals surface area contributed by atoms with Crippen molar-refractivity contribution in [3.63, 3.8) is 0 Å². The number of amides is 1. The van der Waals surface area contributed by atoms with Crippen molar-refractivity contribution in [3.05, 3.63) is 76.8 Å². The molecule has 36 heavy (non-hydrogen) atoms. The fourth-order valence-corrected chi connectivity index (χ4v) is 4.90. The van der Waals surface area contributed by atoms with Crippen LogP contribution in [0.2, 0.25) is 5.02 Å². The van der Waals surface area contributed by atoms with Crippen LogP contribution < -0.4 is 19.1 Å². The Morgan fingerprint density at radius 2 is 1.58 bits per heavy atom. The highest BCUT2D eigenvalue weighted by atomic mass is 35.5. The van der Waals surface area contributed by atoms with Gasteiger partial charge in [-0.2, -0.15) is 0 Å². The van der Waals surface area contributed by atoms with Crippen molar-refractivity contribution in [1.82, 2.24) is 0 Å². The number of esters is 1. The van der Waals surface area contributed by atoms with Crippen LogP contribution in [0.15, 0.2) is 65.6 Å². The summed E-state index contributed by atoms with van der Waals surface area (Å²) in [4.78, 5) is 24.9. The molecule has 0 atom stereocenters. The van der Waals surface area contributed by atoms with E-state index in [4.69, 9.17) is 25.8 Å². The molecular formula is C25H25ClN2O7S. The first-order valence-corrected chi connectivity index (χ1v) is 12.4. The second kappa shape index (κ2) is 11.3. The Kier molecular flexibility index (Phi) is 8.44. The van der Waals surface area contributed by atoms with Gasteiger partial charge in [0.1, 0.15) is 6.54 Å². The summed E-state index contributed by atoms with van der Waals surface area (Å²) >= 11 is 6.19. The summed E-state index contributed by atoms with van der Waals surface area (Å²) in [5.74, 6) is -0.626. The number of methoxy groups -OCH3 is 3. The van der Waals surface area contributed by atoms with Crippen LogP contribution in [-0.2, 0) is 19.6 Å². The van der Waals surface area contributed by atoms with Gasteiger partial charge >= 0.3 is 5.97 Å². The van der Waals surface area contributed by atoms with Gasteiger partial charge in [-0.15, -0.1) is 0 Å². The van der Waals surface area contributed by atoms with Gasteiger partial charge in [-0.25, -0.2) is 13.2 Å². The molecular weight excluding hydrogens is 508 g/mol. The molecule has 1 amide bonds. The second-order valence-corrected chi connectivity index (χ2v) is 9.87. The summed E-state index contributed by atoms with van der Waals surface area (Å²) in [5, 5.41) is 2.74. The van der Waals surface area contributed by atoms with Crippen LogP contribution in [0, 0.1) is 6.92 Å². The van der Waals surface area contributed by atoms with Crippen molar-refractivity contribution < 1.29 is 32.2 Å². The van der Waals surface area contributed by atoms with E-state index in [0.29, 0.717) is 5.75 Å². The standard InChI is InChI=1S/C25H25ClN2O7S/c1-16-5-9-19(10-6-16)36(31,32)28(18-8-12-22(33-2)23(14-18)34-3)15-24(29)27-21-13-17(25(30)35-4)7-11-20(21)26/h5-14H,15H2,1-4H3,(H,27,29). The van der Waals surface area contributed by atoms with Gasteiger partial charge in [0.05, 0.1) is 48.2 Å². The molecule has 0 heterocycles. The second-order valence-electron chi connectivity index (χ2n) is 7.60. The molecule has 0 bridgehead atoms. The van der Waals surface area contributed by atoms with Crippen LogP contribution in [0.1, 0.15) is 15.9 Å². The highest BCUT2D eigenvalue weighted by Crippen LogP contribution is 2.34. The lowest BCUT2D eigenvalue weighted by atomic mass is 10.2. The van der Waals surface area contributed by atoms with Crippen LogP contribution in [0.4, 0.5) is 11.4 Å². The first kappa shape index (κ1) is 26.8.